The lowest BCUT2D eigenvalue weighted by Crippen LogP contribution is -2.32. The quantitative estimate of drug-likeness (QED) is 0.658. The molecule has 1 saturated carbocycles. The summed E-state index contributed by atoms with van der Waals surface area (Å²) in [5, 5.41) is 0. The molecule has 3 unspecified atom stereocenters. The van der Waals surface area contributed by atoms with Crippen molar-refractivity contribution in [3.8, 4) is 0 Å². The van der Waals surface area contributed by atoms with Crippen molar-refractivity contribution in [1.82, 2.24) is 4.90 Å². The van der Waals surface area contributed by atoms with E-state index in [1.165, 1.54) is 32.1 Å². The normalized spacial score (nSPS) is 30.2. The van der Waals surface area contributed by atoms with Gasteiger partial charge in [-0.3, -0.25) is 4.79 Å². The van der Waals surface area contributed by atoms with Gasteiger partial charge in [-0.15, -0.1) is 0 Å². The zero-order valence-electron chi connectivity index (χ0n) is 11.9. The van der Waals surface area contributed by atoms with Gasteiger partial charge in [0.25, 0.3) is 0 Å². The number of nitrogens with zero attached hydrogens (tertiary/aromatic N) is 1. The molecule has 2 aliphatic carbocycles. The van der Waals surface area contributed by atoms with Crippen LogP contribution in [-0.4, -0.2) is 23.9 Å². The topological polar surface area (TPSA) is 20.3 Å². The van der Waals surface area contributed by atoms with Crippen LogP contribution in [0.4, 0.5) is 0 Å². The fraction of sp³-hybridized carbons (Fsp3) is 0.812. The summed E-state index contributed by atoms with van der Waals surface area (Å²) in [5.41, 5.74) is 0. The number of hydrogen-bond donors (Lipinski definition) is 0. The summed E-state index contributed by atoms with van der Waals surface area (Å²) >= 11 is 0. The summed E-state index contributed by atoms with van der Waals surface area (Å²) < 4.78 is 0. The third-order valence-corrected chi connectivity index (χ3v) is 4.57. The summed E-state index contributed by atoms with van der Waals surface area (Å²) in [7, 11) is 0. The molecule has 2 heteroatoms. The first-order chi connectivity index (χ1) is 8.72. The maximum atomic E-state index is 11.6. The molecule has 1 fully saturated rings. The van der Waals surface area contributed by atoms with Crippen molar-refractivity contribution in [2.24, 2.45) is 17.8 Å². The molecule has 18 heavy (non-hydrogen) atoms. The molecule has 102 valence electrons. The van der Waals surface area contributed by atoms with Gasteiger partial charge in [0, 0.05) is 20.0 Å². The zero-order valence-corrected chi connectivity index (χ0v) is 11.9. The van der Waals surface area contributed by atoms with E-state index in [9.17, 15) is 4.79 Å². The van der Waals surface area contributed by atoms with Crippen LogP contribution in [-0.2, 0) is 4.79 Å². The van der Waals surface area contributed by atoms with E-state index >= 15 is 0 Å². The number of rotatable bonds is 6. The number of hydrogen-bond acceptors (Lipinski definition) is 1. The average Bonchev–Trinajstić information content (AvgIpc) is 3.14. The van der Waals surface area contributed by atoms with Crippen LogP contribution in [0, 0.1) is 17.8 Å². The van der Waals surface area contributed by atoms with E-state index in [0.717, 1.165) is 37.3 Å². The summed E-state index contributed by atoms with van der Waals surface area (Å²) in [4.78, 5) is 13.7. The molecule has 2 rings (SSSR count). The van der Waals surface area contributed by atoms with Gasteiger partial charge in [0.15, 0.2) is 0 Å². The van der Waals surface area contributed by atoms with Crippen molar-refractivity contribution in [3.63, 3.8) is 0 Å². The van der Waals surface area contributed by atoms with Crippen molar-refractivity contribution in [2.45, 2.75) is 52.4 Å². The summed E-state index contributed by atoms with van der Waals surface area (Å²) in [6, 6.07) is 0. The van der Waals surface area contributed by atoms with Gasteiger partial charge in [0.1, 0.15) is 0 Å². The maximum Gasteiger partial charge on any atom is 0.219 e. The Labute approximate surface area is 111 Å². The maximum absolute atomic E-state index is 11.6. The van der Waals surface area contributed by atoms with E-state index in [0.29, 0.717) is 0 Å². The summed E-state index contributed by atoms with van der Waals surface area (Å²) in [5.74, 6) is 2.86. The standard InChI is InChI=1S/C16H27NO/c1-3-4-10-17(13(2)18)12-15-11-16(15)14-8-6-5-7-9-14/h5-6,14-16H,3-4,7-12H2,1-2H3. The third-order valence-electron chi connectivity index (χ3n) is 4.57. The molecule has 0 spiro atoms. The molecule has 2 nitrogen and oxygen atoms in total. The predicted octanol–water partition coefficient (Wildman–Crippen LogP) is 3.63. The van der Waals surface area contributed by atoms with Crippen LogP contribution in [0.2, 0.25) is 0 Å². The van der Waals surface area contributed by atoms with E-state index < -0.39 is 0 Å². The minimum absolute atomic E-state index is 0.262. The molecule has 1 amide bonds. The van der Waals surface area contributed by atoms with Crippen LogP contribution in [0.5, 0.6) is 0 Å². The number of allylic oxidation sites excluding steroid dienone is 2. The van der Waals surface area contributed by atoms with Gasteiger partial charge in [-0.2, -0.15) is 0 Å². The van der Waals surface area contributed by atoms with Crippen molar-refractivity contribution in [3.05, 3.63) is 12.2 Å². The summed E-state index contributed by atoms with van der Waals surface area (Å²) in [6.45, 7) is 5.88. The molecule has 0 heterocycles. The fourth-order valence-corrected chi connectivity index (χ4v) is 3.27. The average molecular weight is 249 g/mol. The second kappa shape index (κ2) is 6.40. The molecular formula is C16H27NO. The second-order valence-corrected chi connectivity index (χ2v) is 6.02. The van der Waals surface area contributed by atoms with E-state index in [4.69, 9.17) is 0 Å². The van der Waals surface area contributed by atoms with Gasteiger partial charge in [-0.25, -0.2) is 0 Å². The smallest absolute Gasteiger partial charge is 0.219 e. The molecule has 0 bridgehead atoms. The van der Waals surface area contributed by atoms with Crippen LogP contribution < -0.4 is 0 Å². The highest BCUT2D eigenvalue weighted by Gasteiger charge is 2.43. The molecule has 0 N–H and O–H groups in total. The van der Waals surface area contributed by atoms with E-state index in [2.05, 4.69) is 24.0 Å². The van der Waals surface area contributed by atoms with Gasteiger partial charge in [0.2, 0.25) is 5.91 Å². The Hall–Kier alpha value is -0.790. The Balaban J connectivity index is 1.76. The highest BCUT2D eigenvalue weighted by atomic mass is 16.2. The van der Waals surface area contributed by atoms with Crippen LogP contribution in [0.25, 0.3) is 0 Å². The predicted molar refractivity (Wildman–Crippen MR) is 75.2 cm³/mol. The number of carbonyl (C=O) groups excluding carboxylic acids is 1. The third kappa shape index (κ3) is 3.60. The lowest BCUT2D eigenvalue weighted by Gasteiger charge is -2.22. The molecule has 0 aromatic carbocycles. The Morgan fingerprint density at radius 2 is 2.22 bits per heavy atom. The highest BCUT2D eigenvalue weighted by molar-refractivity contribution is 5.73. The molecular weight excluding hydrogens is 222 g/mol. The molecule has 0 aromatic heterocycles. The van der Waals surface area contributed by atoms with Crippen molar-refractivity contribution < 1.29 is 4.79 Å². The van der Waals surface area contributed by atoms with E-state index in [-0.39, 0.29) is 5.91 Å². The van der Waals surface area contributed by atoms with E-state index in [1.807, 2.05) is 0 Å². The highest BCUT2D eigenvalue weighted by Crippen LogP contribution is 2.48. The Morgan fingerprint density at radius 3 is 2.83 bits per heavy atom. The number of amides is 1. The van der Waals surface area contributed by atoms with Gasteiger partial charge in [0.05, 0.1) is 0 Å². The molecule has 0 radical (unpaired) electrons. The fourth-order valence-electron chi connectivity index (χ4n) is 3.27. The van der Waals surface area contributed by atoms with Gasteiger partial charge in [-0.05, 0) is 49.9 Å². The van der Waals surface area contributed by atoms with Gasteiger partial charge in [-0.1, -0.05) is 25.5 Å². The Kier molecular flexibility index (Phi) is 4.85. The Bertz CT molecular complexity index is 310. The monoisotopic (exact) mass is 249 g/mol. The molecule has 0 aliphatic heterocycles. The minimum atomic E-state index is 0.262. The zero-order chi connectivity index (χ0) is 13.0. The first-order valence-corrected chi connectivity index (χ1v) is 7.63. The molecule has 2 aliphatic rings. The van der Waals surface area contributed by atoms with Gasteiger partial charge >= 0.3 is 0 Å². The SMILES string of the molecule is CCCCN(CC1CC1C1CC=CCC1)C(C)=O. The van der Waals surface area contributed by atoms with Crippen LogP contribution in [0.15, 0.2) is 12.2 Å². The van der Waals surface area contributed by atoms with Crippen LogP contribution in [0.1, 0.15) is 52.4 Å². The molecule has 0 aromatic rings. The van der Waals surface area contributed by atoms with Crippen LogP contribution in [0.3, 0.4) is 0 Å². The van der Waals surface area contributed by atoms with Crippen molar-refractivity contribution in [2.75, 3.05) is 13.1 Å². The lowest BCUT2D eigenvalue weighted by atomic mass is 9.89. The van der Waals surface area contributed by atoms with Gasteiger partial charge < -0.3 is 4.90 Å². The molecule has 0 saturated heterocycles. The van der Waals surface area contributed by atoms with Crippen molar-refractivity contribution in [1.29, 1.82) is 0 Å². The first kappa shape index (κ1) is 13.6. The van der Waals surface area contributed by atoms with Crippen molar-refractivity contribution >= 4 is 5.91 Å². The summed E-state index contributed by atoms with van der Waals surface area (Å²) in [6.07, 6.45) is 12.2. The number of unbranched alkanes of at least 4 members (excludes halogenated alkanes) is 1. The lowest BCUT2D eigenvalue weighted by molar-refractivity contribution is -0.129. The van der Waals surface area contributed by atoms with Crippen LogP contribution >= 0.6 is 0 Å². The second-order valence-electron chi connectivity index (χ2n) is 6.02. The number of carbonyl (C=O) groups is 1. The first-order valence-electron chi connectivity index (χ1n) is 7.63. The Morgan fingerprint density at radius 1 is 1.39 bits per heavy atom. The minimum Gasteiger partial charge on any atom is -0.343 e. The van der Waals surface area contributed by atoms with E-state index in [1.54, 1.807) is 6.92 Å². The molecule has 3 atom stereocenters. The largest absolute Gasteiger partial charge is 0.343 e.